The molecule has 112 valence electrons. The van der Waals surface area contributed by atoms with Gasteiger partial charge in [-0.3, -0.25) is 4.90 Å². The van der Waals surface area contributed by atoms with Crippen LogP contribution in [0.4, 0.5) is 11.9 Å². The van der Waals surface area contributed by atoms with Crippen LogP contribution in [-0.2, 0) is 0 Å². The van der Waals surface area contributed by atoms with Crippen molar-refractivity contribution in [1.82, 2.24) is 19.9 Å². The van der Waals surface area contributed by atoms with Gasteiger partial charge in [-0.15, -0.1) is 0 Å². The Bertz CT molecular complexity index is 452. The van der Waals surface area contributed by atoms with Crippen LogP contribution in [0.5, 0.6) is 6.01 Å². The standard InChI is InChI=1S/C13H24N6O/c1-5-10-8-19(7-6-18(10)4)12-15-11(14)16-13(17-12)20-9(2)3/h9-10H,5-8H2,1-4H3,(H2,14,15,16,17). The molecule has 1 unspecified atom stereocenters. The Kier molecular flexibility index (Phi) is 4.59. The molecule has 1 aliphatic heterocycles. The van der Waals surface area contributed by atoms with Crippen molar-refractivity contribution in [3.63, 3.8) is 0 Å². The number of likely N-dealkylation sites (N-methyl/N-ethyl adjacent to an activating group) is 1. The fraction of sp³-hybridized carbons (Fsp3) is 0.769. The first-order valence-corrected chi connectivity index (χ1v) is 7.13. The molecule has 20 heavy (non-hydrogen) atoms. The fourth-order valence-electron chi connectivity index (χ4n) is 2.33. The summed E-state index contributed by atoms with van der Waals surface area (Å²) in [5.41, 5.74) is 5.76. The van der Waals surface area contributed by atoms with Gasteiger partial charge in [0.05, 0.1) is 6.10 Å². The average Bonchev–Trinajstić information content (AvgIpc) is 2.37. The SMILES string of the molecule is CCC1CN(c2nc(N)nc(OC(C)C)n2)CCN1C. The maximum absolute atomic E-state index is 5.76. The molecule has 1 aromatic heterocycles. The zero-order valence-electron chi connectivity index (χ0n) is 12.7. The van der Waals surface area contributed by atoms with Crippen LogP contribution in [-0.4, -0.2) is 58.7 Å². The summed E-state index contributed by atoms with van der Waals surface area (Å²) in [5.74, 6) is 0.817. The van der Waals surface area contributed by atoms with Crippen LogP contribution >= 0.6 is 0 Å². The van der Waals surface area contributed by atoms with Crippen molar-refractivity contribution < 1.29 is 4.74 Å². The van der Waals surface area contributed by atoms with Crippen molar-refractivity contribution >= 4 is 11.9 Å². The molecule has 0 amide bonds. The highest BCUT2D eigenvalue weighted by Crippen LogP contribution is 2.19. The van der Waals surface area contributed by atoms with Gasteiger partial charge in [0.15, 0.2) is 0 Å². The van der Waals surface area contributed by atoms with E-state index >= 15 is 0 Å². The Labute approximate surface area is 120 Å². The van der Waals surface area contributed by atoms with Gasteiger partial charge in [0.2, 0.25) is 11.9 Å². The number of anilines is 2. The molecule has 0 aliphatic carbocycles. The molecule has 1 atom stereocenters. The molecular formula is C13H24N6O. The highest BCUT2D eigenvalue weighted by Gasteiger charge is 2.25. The van der Waals surface area contributed by atoms with Crippen molar-refractivity contribution in [2.24, 2.45) is 0 Å². The van der Waals surface area contributed by atoms with Gasteiger partial charge in [-0.1, -0.05) is 6.92 Å². The van der Waals surface area contributed by atoms with Crippen LogP contribution in [0, 0.1) is 0 Å². The number of rotatable bonds is 4. The van der Waals surface area contributed by atoms with E-state index in [0.717, 1.165) is 26.1 Å². The Morgan fingerprint density at radius 2 is 2.05 bits per heavy atom. The molecular weight excluding hydrogens is 256 g/mol. The molecule has 0 aromatic carbocycles. The molecule has 1 saturated heterocycles. The molecule has 7 nitrogen and oxygen atoms in total. The van der Waals surface area contributed by atoms with Gasteiger partial charge in [-0.25, -0.2) is 0 Å². The first kappa shape index (κ1) is 14.8. The predicted molar refractivity (Wildman–Crippen MR) is 78.9 cm³/mol. The highest BCUT2D eigenvalue weighted by atomic mass is 16.5. The zero-order valence-corrected chi connectivity index (χ0v) is 12.7. The summed E-state index contributed by atoms with van der Waals surface area (Å²) in [6.07, 6.45) is 1.11. The third-order valence-electron chi connectivity index (χ3n) is 3.49. The van der Waals surface area contributed by atoms with E-state index in [4.69, 9.17) is 10.5 Å². The maximum atomic E-state index is 5.76. The normalized spacial score (nSPS) is 20.4. The molecule has 1 aromatic rings. The Balaban J connectivity index is 2.17. The van der Waals surface area contributed by atoms with Crippen LogP contribution < -0.4 is 15.4 Å². The zero-order chi connectivity index (χ0) is 14.7. The largest absolute Gasteiger partial charge is 0.461 e. The molecule has 1 aliphatic rings. The first-order chi connectivity index (χ1) is 9.49. The van der Waals surface area contributed by atoms with Gasteiger partial charge in [0.25, 0.3) is 0 Å². The number of ether oxygens (including phenoxy) is 1. The van der Waals surface area contributed by atoms with Gasteiger partial charge in [0.1, 0.15) is 0 Å². The second-order valence-electron chi connectivity index (χ2n) is 5.43. The summed E-state index contributed by atoms with van der Waals surface area (Å²) in [6, 6.07) is 0.811. The first-order valence-electron chi connectivity index (χ1n) is 7.13. The molecule has 2 heterocycles. The Morgan fingerprint density at radius 1 is 1.30 bits per heavy atom. The summed E-state index contributed by atoms with van der Waals surface area (Å²) in [5, 5.41) is 0. The molecule has 0 spiro atoms. The quantitative estimate of drug-likeness (QED) is 0.872. The number of piperazine rings is 1. The highest BCUT2D eigenvalue weighted by molar-refractivity contribution is 5.37. The fourth-order valence-corrected chi connectivity index (χ4v) is 2.33. The lowest BCUT2D eigenvalue weighted by molar-refractivity contribution is 0.209. The molecule has 1 fully saturated rings. The topological polar surface area (TPSA) is 80.4 Å². The van der Waals surface area contributed by atoms with Gasteiger partial charge in [-0.05, 0) is 27.3 Å². The summed E-state index contributed by atoms with van der Waals surface area (Å²) < 4.78 is 5.52. The minimum Gasteiger partial charge on any atom is -0.461 e. The van der Waals surface area contributed by atoms with E-state index < -0.39 is 0 Å². The van der Waals surface area contributed by atoms with Crippen molar-refractivity contribution in [3.05, 3.63) is 0 Å². The van der Waals surface area contributed by atoms with Crippen LogP contribution in [0.2, 0.25) is 0 Å². The van der Waals surface area contributed by atoms with E-state index in [0.29, 0.717) is 18.0 Å². The minimum atomic E-state index is 0.0144. The van der Waals surface area contributed by atoms with Crippen LogP contribution in [0.1, 0.15) is 27.2 Å². The van der Waals surface area contributed by atoms with E-state index in [1.54, 1.807) is 0 Å². The number of aromatic nitrogens is 3. The smallest absolute Gasteiger partial charge is 0.323 e. The van der Waals surface area contributed by atoms with Crippen molar-refractivity contribution in [2.75, 3.05) is 37.3 Å². The molecule has 7 heteroatoms. The van der Waals surface area contributed by atoms with E-state index in [2.05, 4.69) is 38.7 Å². The van der Waals surface area contributed by atoms with Crippen molar-refractivity contribution in [2.45, 2.75) is 39.3 Å². The number of hydrogen-bond donors (Lipinski definition) is 1. The van der Waals surface area contributed by atoms with E-state index in [-0.39, 0.29) is 12.1 Å². The second kappa shape index (κ2) is 6.21. The third kappa shape index (κ3) is 3.47. The molecule has 0 bridgehead atoms. The van der Waals surface area contributed by atoms with Crippen molar-refractivity contribution in [3.8, 4) is 6.01 Å². The lowest BCUT2D eigenvalue weighted by atomic mass is 10.1. The van der Waals surface area contributed by atoms with E-state index in [1.807, 2.05) is 13.8 Å². The molecule has 0 saturated carbocycles. The van der Waals surface area contributed by atoms with Crippen molar-refractivity contribution in [1.29, 1.82) is 0 Å². The molecule has 0 radical (unpaired) electrons. The van der Waals surface area contributed by atoms with E-state index in [9.17, 15) is 0 Å². The van der Waals surface area contributed by atoms with E-state index in [1.165, 1.54) is 0 Å². The lowest BCUT2D eigenvalue weighted by Gasteiger charge is -2.39. The lowest BCUT2D eigenvalue weighted by Crippen LogP contribution is -2.51. The summed E-state index contributed by atoms with van der Waals surface area (Å²) >= 11 is 0. The average molecular weight is 280 g/mol. The molecule has 2 rings (SSSR count). The number of hydrogen-bond acceptors (Lipinski definition) is 7. The summed E-state index contributed by atoms with van der Waals surface area (Å²) in [4.78, 5) is 17.2. The Morgan fingerprint density at radius 3 is 2.70 bits per heavy atom. The molecule has 2 N–H and O–H groups in total. The second-order valence-corrected chi connectivity index (χ2v) is 5.43. The van der Waals surface area contributed by atoms with Gasteiger partial charge < -0.3 is 15.4 Å². The predicted octanol–water partition coefficient (Wildman–Crippen LogP) is 0.771. The third-order valence-corrected chi connectivity index (χ3v) is 3.49. The number of nitrogen functional groups attached to an aromatic ring is 1. The summed E-state index contributed by atoms with van der Waals surface area (Å²) in [7, 11) is 2.15. The van der Waals surface area contributed by atoms with Crippen LogP contribution in [0.3, 0.4) is 0 Å². The summed E-state index contributed by atoms with van der Waals surface area (Å²) in [6.45, 7) is 8.84. The Hall–Kier alpha value is -1.63. The maximum Gasteiger partial charge on any atom is 0.323 e. The van der Waals surface area contributed by atoms with Gasteiger partial charge in [-0.2, -0.15) is 15.0 Å². The van der Waals surface area contributed by atoms with Gasteiger partial charge >= 0.3 is 6.01 Å². The monoisotopic (exact) mass is 280 g/mol. The van der Waals surface area contributed by atoms with Crippen LogP contribution in [0.15, 0.2) is 0 Å². The number of nitrogens with zero attached hydrogens (tertiary/aromatic N) is 5. The minimum absolute atomic E-state index is 0.0144. The van der Waals surface area contributed by atoms with Gasteiger partial charge in [0, 0.05) is 25.7 Å². The van der Waals surface area contributed by atoms with Crippen LogP contribution in [0.25, 0.3) is 0 Å². The number of nitrogens with two attached hydrogens (primary N) is 1.